The fraction of sp³-hybridized carbons (Fsp3) is 0.829. The van der Waals surface area contributed by atoms with Crippen LogP contribution >= 0.6 is 7.82 Å². The van der Waals surface area contributed by atoms with Gasteiger partial charge >= 0.3 is 25.7 Å². The number of carbonyl (C=O) groups is 3. The van der Waals surface area contributed by atoms with Crippen LogP contribution in [0.4, 0.5) is 0 Å². The summed E-state index contributed by atoms with van der Waals surface area (Å²) in [6, 6.07) is -1.52. The zero-order chi connectivity index (χ0) is 39.3. The molecule has 0 aromatic rings. The molecule has 12 heteroatoms. The molecular formula is C41H76NO10P. The molecule has 0 saturated heterocycles. The Balaban J connectivity index is 4.40. The number of aliphatic carboxylic acids is 1. The Morgan fingerprint density at radius 1 is 0.585 bits per heavy atom. The van der Waals surface area contributed by atoms with Crippen molar-refractivity contribution in [2.24, 2.45) is 5.73 Å². The van der Waals surface area contributed by atoms with Gasteiger partial charge in [-0.25, -0.2) is 4.57 Å². The first-order chi connectivity index (χ1) is 25.6. The zero-order valence-corrected chi connectivity index (χ0v) is 34.3. The van der Waals surface area contributed by atoms with Crippen molar-refractivity contribution >= 4 is 25.7 Å². The number of carboxylic acid groups (broad SMARTS) is 1. The molecule has 0 bridgehead atoms. The number of ether oxygens (including phenoxy) is 2. The molecule has 0 aliphatic carbocycles. The summed E-state index contributed by atoms with van der Waals surface area (Å²) < 4.78 is 32.6. The van der Waals surface area contributed by atoms with Gasteiger partial charge in [0.2, 0.25) is 0 Å². The van der Waals surface area contributed by atoms with Crippen LogP contribution in [0.2, 0.25) is 0 Å². The lowest BCUT2D eigenvalue weighted by atomic mass is 10.0. The number of carboxylic acids is 1. The quantitative estimate of drug-likeness (QED) is 0.0235. The van der Waals surface area contributed by atoms with E-state index in [2.05, 4.69) is 42.7 Å². The standard InChI is InChI=1S/C41H76NO10P/c1-3-5-7-9-11-13-15-17-19-21-23-25-27-29-31-33-40(44)52-37(35-50-53(47,48)51-36-38(42)41(45)46)34-49-39(43)32-30-28-26-24-22-20-18-16-14-12-10-8-6-4-2/h11,13,17,19,37-38H,3-10,12,14-16,18,20-36,42H2,1-2H3,(H,45,46)(H,47,48)/b13-11-,19-17-. The number of hydrogen-bond acceptors (Lipinski definition) is 9. The summed E-state index contributed by atoms with van der Waals surface area (Å²) in [4.78, 5) is 45.9. The highest BCUT2D eigenvalue weighted by Crippen LogP contribution is 2.43. The van der Waals surface area contributed by atoms with E-state index in [-0.39, 0.29) is 19.4 Å². The molecule has 0 rings (SSSR count). The number of esters is 2. The smallest absolute Gasteiger partial charge is 0.472 e. The highest BCUT2D eigenvalue weighted by Gasteiger charge is 2.28. The number of phosphoric acid groups is 1. The van der Waals surface area contributed by atoms with Gasteiger partial charge in [-0.2, -0.15) is 0 Å². The van der Waals surface area contributed by atoms with Crippen molar-refractivity contribution in [3.05, 3.63) is 24.3 Å². The minimum Gasteiger partial charge on any atom is -0.480 e. The van der Waals surface area contributed by atoms with Crippen molar-refractivity contribution < 1.29 is 47.5 Å². The summed E-state index contributed by atoms with van der Waals surface area (Å²) >= 11 is 0. The topological polar surface area (TPSA) is 172 Å². The van der Waals surface area contributed by atoms with Gasteiger partial charge in [0.15, 0.2) is 6.10 Å². The van der Waals surface area contributed by atoms with E-state index in [0.717, 1.165) is 64.2 Å². The fourth-order valence-corrected chi connectivity index (χ4v) is 6.40. The summed E-state index contributed by atoms with van der Waals surface area (Å²) in [6.45, 7) is 2.76. The largest absolute Gasteiger partial charge is 0.480 e. The number of nitrogens with two attached hydrogens (primary N) is 1. The molecule has 3 atom stereocenters. The van der Waals surface area contributed by atoms with Crippen LogP contribution in [0.5, 0.6) is 0 Å². The van der Waals surface area contributed by atoms with E-state index < -0.39 is 51.1 Å². The normalized spacial score (nSPS) is 14.0. The highest BCUT2D eigenvalue weighted by molar-refractivity contribution is 7.47. The van der Waals surface area contributed by atoms with Gasteiger partial charge in [0.1, 0.15) is 12.6 Å². The molecule has 0 aromatic carbocycles. The van der Waals surface area contributed by atoms with E-state index in [1.807, 2.05) is 0 Å². The minimum absolute atomic E-state index is 0.148. The Hall–Kier alpha value is -2.04. The van der Waals surface area contributed by atoms with E-state index in [1.54, 1.807) is 0 Å². The lowest BCUT2D eigenvalue weighted by Gasteiger charge is -2.20. The molecule has 0 saturated carbocycles. The van der Waals surface area contributed by atoms with E-state index >= 15 is 0 Å². The molecule has 0 amide bonds. The average Bonchev–Trinajstić information content (AvgIpc) is 3.13. The minimum atomic E-state index is -4.71. The summed E-state index contributed by atoms with van der Waals surface area (Å²) in [6.07, 6.45) is 36.7. The first-order valence-corrected chi connectivity index (χ1v) is 22.4. The second-order valence-corrected chi connectivity index (χ2v) is 15.6. The van der Waals surface area contributed by atoms with Crippen LogP contribution in [0.15, 0.2) is 24.3 Å². The molecule has 0 aliphatic heterocycles. The summed E-state index contributed by atoms with van der Waals surface area (Å²) in [5.41, 5.74) is 5.32. The summed E-state index contributed by atoms with van der Waals surface area (Å²) in [7, 11) is -4.71. The molecule has 0 spiro atoms. The average molecular weight is 774 g/mol. The van der Waals surface area contributed by atoms with Gasteiger partial charge < -0.3 is 25.2 Å². The Labute approximate surface area is 321 Å². The number of allylic oxidation sites excluding steroid dienone is 4. The third kappa shape index (κ3) is 36.7. The predicted molar refractivity (Wildman–Crippen MR) is 212 cm³/mol. The second-order valence-electron chi connectivity index (χ2n) is 14.1. The Kier molecular flexibility index (Phi) is 35.5. The van der Waals surface area contributed by atoms with E-state index in [0.29, 0.717) is 12.8 Å². The van der Waals surface area contributed by atoms with E-state index in [9.17, 15) is 23.8 Å². The lowest BCUT2D eigenvalue weighted by molar-refractivity contribution is -0.161. The fourth-order valence-electron chi connectivity index (χ4n) is 5.62. The molecule has 11 nitrogen and oxygen atoms in total. The van der Waals surface area contributed by atoms with Crippen LogP contribution < -0.4 is 5.73 Å². The number of phosphoric ester groups is 1. The number of rotatable bonds is 39. The molecule has 0 aromatic heterocycles. The molecule has 0 fully saturated rings. The van der Waals surface area contributed by atoms with Gasteiger partial charge in [-0.3, -0.25) is 23.4 Å². The van der Waals surface area contributed by atoms with E-state index in [4.69, 9.17) is 24.8 Å². The van der Waals surface area contributed by atoms with Crippen LogP contribution in [0, 0.1) is 0 Å². The highest BCUT2D eigenvalue weighted by atomic mass is 31.2. The number of unbranched alkanes of at least 4 members (excludes halogenated alkanes) is 21. The van der Waals surface area contributed by atoms with Crippen molar-refractivity contribution in [1.82, 2.24) is 0 Å². The van der Waals surface area contributed by atoms with Gasteiger partial charge in [-0.05, 0) is 44.9 Å². The van der Waals surface area contributed by atoms with Crippen LogP contribution in [0.1, 0.15) is 187 Å². The number of carbonyl (C=O) groups excluding carboxylic acids is 2. The van der Waals surface area contributed by atoms with Crippen LogP contribution in [-0.2, 0) is 37.5 Å². The zero-order valence-electron chi connectivity index (χ0n) is 33.4. The van der Waals surface area contributed by atoms with Crippen molar-refractivity contribution in [3.8, 4) is 0 Å². The van der Waals surface area contributed by atoms with Gasteiger partial charge in [0.05, 0.1) is 13.2 Å². The molecule has 310 valence electrons. The van der Waals surface area contributed by atoms with Crippen LogP contribution in [-0.4, -0.2) is 59.9 Å². The van der Waals surface area contributed by atoms with Crippen molar-refractivity contribution in [3.63, 3.8) is 0 Å². The molecule has 0 aliphatic rings. The molecule has 0 radical (unpaired) electrons. The van der Waals surface area contributed by atoms with Gasteiger partial charge in [0.25, 0.3) is 0 Å². The first kappa shape index (κ1) is 51.0. The van der Waals surface area contributed by atoms with E-state index in [1.165, 1.54) is 83.5 Å². The summed E-state index contributed by atoms with van der Waals surface area (Å²) in [5, 5.41) is 8.87. The Bertz CT molecular complexity index is 1010. The van der Waals surface area contributed by atoms with Crippen molar-refractivity contribution in [1.29, 1.82) is 0 Å². The maximum absolute atomic E-state index is 12.6. The third-order valence-corrected chi connectivity index (χ3v) is 9.90. The maximum Gasteiger partial charge on any atom is 0.472 e. The van der Waals surface area contributed by atoms with Gasteiger partial charge in [-0.1, -0.05) is 154 Å². The molecule has 53 heavy (non-hydrogen) atoms. The maximum atomic E-state index is 12.6. The van der Waals surface area contributed by atoms with Crippen LogP contribution in [0.3, 0.4) is 0 Å². The Morgan fingerprint density at radius 3 is 1.51 bits per heavy atom. The third-order valence-electron chi connectivity index (χ3n) is 8.95. The second kappa shape index (κ2) is 36.9. The first-order valence-electron chi connectivity index (χ1n) is 20.9. The molecule has 3 unspecified atom stereocenters. The molecular weight excluding hydrogens is 697 g/mol. The molecule has 4 N–H and O–H groups in total. The molecule has 0 heterocycles. The number of hydrogen-bond donors (Lipinski definition) is 3. The SMILES string of the molecule is CCCCC/C=C\C/C=C\CCCCCCCC(=O)OC(COC(=O)CCCCCCCCCCCCCCCC)COP(=O)(O)OCC(N)C(=O)O. The van der Waals surface area contributed by atoms with Crippen molar-refractivity contribution in [2.75, 3.05) is 19.8 Å². The van der Waals surface area contributed by atoms with Gasteiger partial charge in [-0.15, -0.1) is 0 Å². The monoisotopic (exact) mass is 774 g/mol. The van der Waals surface area contributed by atoms with Crippen LogP contribution in [0.25, 0.3) is 0 Å². The predicted octanol–water partition coefficient (Wildman–Crippen LogP) is 10.7. The Morgan fingerprint density at radius 2 is 1.00 bits per heavy atom. The lowest BCUT2D eigenvalue weighted by Crippen LogP contribution is -2.34. The summed E-state index contributed by atoms with van der Waals surface area (Å²) in [5.74, 6) is -2.39. The van der Waals surface area contributed by atoms with Gasteiger partial charge in [0, 0.05) is 12.8 Å². The van der Waals surface area contributed by atoms with Crippen molar-refractivity contribution in [2.45, 2.75) is 199 Å².